The van der Waals surface area contributed by atoms with Crippen LogP contribution in [0.5, 0.6) is 0 Å². The van der Waals surface area contributed by atoms with E-state index >= 15 is 0 Å². The minimum Gasteiger partial charge on any atom is -0.455 e. The zero-order valence-corrected chi connectivity index (χ0v) is 38.1. The maximum atomic E-state index is 6.86. The molecule has 8 aromatic carbocycles. The van der Waals surface area contributed by atoms with Crippen molar-refractivity contribution < 1.29 is 8.83 Å². The molecule has 320 valence electrons. The van der Waals surface area contributed by atoms with Crippen molar-refractivity contribution in [3.8, 4) is 21.3 Å². The Morgan fingerprint density at radius 2 is 0.632 bits per heavy atom. The maximum Gasteiger partial charge on any atom is 0.145 e. The molecule has 1 aliphatic carbocycles. The normalized spacial score (nSPS) is 14.6. The number of thiophene rings is 2. The van der Waals surface area contributed by atoms with E-state index in [1.807, 2.05) is 22.7 Å². The Morgan fingerprint density at radius 3 is 1.00 bits per heavy atom. The van der Waals surface area contributed by atoms with E-state index < -0.39 is 10.8 Å². The summed E-state index contributed by atoms with van der Waals surface area (Å²) in [5.74, 6) is 1.74. The first-order valence-electron chi connectivity index (χ1n) is 23.1. The number of fused-ring (bicyclic) bond motifs is 16. The molecule has 0 N–H and O–H groups in total. The van der Waals surface area contributed by atoms with E-state index in [0.717, 1.165) is 77.3 Å². The van der Waals surface area contributed by atoms with E-state index in [1.165, 1.54) is 43.1 Å². The second kappa shape index (κ2) is 14.2. The molecule has 12 aromatic rings. The lowest BCUT2D eigenvalue weighted by Crippen LogP contribution is -2.47. The van der Waals surface area contributed by atoms with Crippen LogP contribution in [0.4, 0.5) is 34.1 Å². The Hall–Kier alpha value is -8.16. The van der Waals surface area contributed by atoms with Gasteiger partial charge in [0.15, 0.2) is 0 Å². The highest BCUT2D eigenvalue weighted by atomic mass is 32.1. The van der Waals surface area contributed by atoms with Crippen LogP contribution >= 0.6 is 22.7 Å². The van der Waals surface area contributed by atoms with Crippen molar-refractivity contribution in [2.75, 3.05) is 9.80 Å². The molecular formula is C62H38N2O2S2. The van der Waals surface area contributed by atoms with E-state index in [2.05, 4.69) is 240 Å². The van der Waals surface area contributed by atoms with Crippen molar-refractivity contribution in [2.45, 2.75) is 10.8 Å². The second-order valence-electron chi connectivity index (χ2n) is 17.9. The number of benzene rings is 8. The third-order valence-electron chi connectivity index (χ3n) is 14.5. The Bertz CT molecular complexity index is 3500. The average molecular weight is 907 g/mol. The summed E-state index contributed by atoms with van der Waals surface area (Å²) < 4.78 is 13.7. The summed E-state index contributed by atoms with van der Waals surface area (Å²) in [5.41, 5.74) is 14.5. The lowest BCUT2D eigenvalue weighted by molar-refractivity contribution is 0.628. The second-order valence-corrected chi connectivity index (χ2v) is 20.0. The van der Waals surface area contributed by atoms with Gasteiger partial charge >= 0.3 is 0 Å². The van der Waals surface area contributed by atoms with Gasteiger partial charge in [-0.15, -0.1) is 22.7 Å². The third kappa shape index (κ3) is 4.97. The number of para-hydroxylation sites is 8. The summed E-state index contributed by atoms with van der Waals surface area (Å²) in [6.45, 7) is 0. The highest BCUT2D eigenvalue weighted by molar-refractivity contribution is 7.17. The molecule has 68 heavy (non-hydrogen) atoms. The Morgan fingerprint density at radius 1 is 0.309 bits per heavy atom. The van der Waals surface area contributed by atoms with Crippen LogP contribution in [0.15, 0.2) is 239 Å². The van der Waals surface area contributed by atoms with Gasteiger partial charge in [0.05, 0.1) is 43.3 Å². The molecule has 0 bridgehead atoms. The zero-order valence-electron chi connectivity index (χ0n) is 36.5. The minimum atomic E-state index is -0.759. The smallest absolute Gasteiger partial charge is 0.145 e. The van der Waals surface area contributed by atoms with Crippen molar-refractivity contribution in [3.63, 3.8) is 0 Å². The Kier molecular flexibility index (Phi) is 7.92. The number of nitrogens with zero attached hydrogens (tertiary/aromatic N) is 2. The summed E-state index contributed by atoms with van der Waals surface area (Å²) in [6, 6.07) is 84.2. The molecular weight excluding hydrogens is 869 g/mol. The number of anilines is 6. The number of rotatable bonds is 4. The summed E-state index contributed by atoms with van der Waals surface area (Å²) in [6.07, 6.45) is 0. The zero-order chi connectivity index (χ0) is 44.6. The molecule has 4 aromatic heterocycles. The van der Waals surface area contributed by atoms with Gasteiger partial charge in [-0.2, -0.15) is 0 Å². The van der Waals surface area contributed by atoms with Gasteiger partial charge in [0, 0.05) is 31.9 Å². The van der Waals surface area contributed by atoms with Gasteiger partial charge in [0.25, 0.3) is 0 Å². The Balaban J connectivity index is 1.14. The van der Waals surface area contributed by atoms with Crippen molar-refractivity contribution in [3.05, 3.63) is 274 Å². The first-order valence-corrected chi connectivity index (χ1v) is 24.7. The number of hydrogen-bond acceptors (Lipinski definition) is 6. The lowest BCUT2D eigenvalue weighted by Gasteiger charge is -2.53. The largest absolute Gasteiger partial charge is 0.455 e. The predicted octanol–water partition coefficient (Wildman–Crippen LogP) is 17.3. The first-order chi connectivity index (χ1) is 33.7. The van der Waals surface area contributed by atoms with Crippen LogP contribution in [0.3, 0.4) is 0 Å². The fraction of sp³-hybridized carbons (Fsp3) is 0.0323. The molecule has 0 saturated carbocycles. The summed E-state index contributed by atoms with van der Waals surface area (Å²) >= 11 is 3.75. The molecule has 0 saturated heterocycles. The van der Waals surface area contributed by atoms with Crippen LogP contribution in [0.2, 0.25) is 0 Å². The molecule has 0 fully saturated rings. The topological polar surface area (TPSA) is 32.8 Å². The van der Waals surface area contributed by atoms with Crippen LogP contribution in [0, 0.1) is 0 Å². The SMILES string of the molecule is c1ccc(N2c3ccccc3C3(c4ccccc42)c2cc(-c4cc5ccccc5o4)sc2C2(c4ccccc4N(c4ccccc4)c4ccccc42)c2cc(-c4cc5ccccc5o4)sc23)cc1. The van der Waals surface area contributed by atoms with Crippen molar-refractivity contribution in [2.24, 2.45) is 0 Å². The van der Waals surface area contributed by atoms with Crippen molar-refractivity contribution in [1.29, 1.82) is 0 Å². The minimum absolute atomic E-state index is 0.759. The van der Waals surface area contributed by atoms with Crippen LogP contribution in [0.25, 0.3) is 43.2 Å². The van der Waals surface area contributed by atoms with Crippen LogP contribution < -0.4 is 9.80 Å². The molecule has 0 amide bonds. The monoisotopic (exact) mass is 906 g/mol. The third-order valence-corrected chi connectivity index (χ3v) is 17.1. The molecule has 4 nitrogen and oxygen atoms in total. The summed E-state index contributed by atoms with van der Waals surface area (Å²) in [5, 5.41) is 2.18. The standard InChI is InChI=1S/C62H38N2O2S2/c1-3-21-41(22-4-1)63-49-29-13-9-25-43(49)61(44-26-10-14-30-50(44)63)47-37-57(55-35-39-19-7-17-33-53(39)65-55)68-60(47)62(48-38-58(67-59(48)61)56-36-40-20-8-18-34-54(40)66-56)45-27-11-15-31-51(45)64(42-23-5-2-6-24-42)52-32-16-12-28-46(52)62/h1-38H. The number of furan rings is 2. The van der Waals surface area contributed by atoms with Crippen molar-refractivity contribution >= 4 is 78.7 Å². The predicted molar refractivity (Wildman–Crippen MR) is 279 cm³/mol. The van der Waals surface area contributed by atoms with Crippen LogP contribution in [0.1, 0.15) is 43.1 Å². The van der Waals surface area contributed by atoms with E-state index in [1.54, 1.807) is 0 Å². The first kappa shape index (κ1) is 38.0. The van der Waals surface area contributed by atoms with Gasteiger partial charge in [-0.05, 0) is 118 Å². The van der Waals surface area contributed by atoms with Gasteiger partial charge in [0.1, 0.15) is 22.7 Å². The number of hydrogen-bond donors (Lipinski definition) is 0. The van der Waals surface area contributed by atoms with E-state index in [0.29, 0.717) is 0 Å². The van der Waals surface area contributed by atoms with E-state index in [9.17, 15) is 0 Å². The molecule has 15 rings (SSSR count). The van der Waals surface area contributed by atoms with E-state index in [-0.39, 0.29) is 0 Å². The highest BCUT2D eigenvalue weighted by Gasteiger charge is 2.61. The fourth-order valence-corrected chi connectivity index (χ4v) is 14.7. The molecule has 6 heterocycles. The van der Waals surface area contributed by atoms with Crippen molar-refractivity contribution in [1.82, 2.24) is 0 Å². The molecule has 0 radical (unpaired) electrons. The van der Waals surface area contributed by atoms with Gasteiger partial charge in [-0.1, -0.05) is 146 Å². The molecule has 0 atom stereocenters. The van der Waals surface area contributed by atoms with Gasteiger partial charge in [-0.3, -0.25) is 0 Å². The van der Waals surface area contributed by atoms with Crippen LogP contribution in [-0.2, 0) is 10.8 Å². The van der Waals surface area contributed by atoms with Gasteiger partial charge < -0.3 is 18.6 Å². The fourth-order valence-electron chi connectivity index (χ4n) is 11.9. The molecule has 2 aliphatic heterocycles. The summed E-state index contributed by atoms with van der Waals surface area (Å²) in [4.78, 5) is 9.67. The molecule has 3 aliphatic rings. The van der Waals surface area contributed by atoms with Gasteiger partial charge in [0.2, 0.25) is 0 Å². The lowest BCUT2D eigenvalue weighted by atomic mass is 9.53. The highest BCUT2D eigenvalue weighted by Crippen LogP contribution is 2.71. The molecule has 6 heteroatoms. The average Bonchev–Trinajstić information content (AvgIpc) is 4.24. The molecule has 2 spiro atoms. The molecule has 0 unspecified atom stereocenters. The Labute approximate surface area is 400 Å². The van der Waals surface area contributed by atoms with E-state index in [4.69, 9.17) is 8.83 Å². The summed E-state index contributed by atoms with van der Waals surface area (Å²) in [7, 11) is 0. The maximum absolute atomic E-state index is 6.86. The quantitative estimate of drug-likeness (QED) is 0.176. The van der Waals surface area contributed by atoms with Gasteiger partial charge in [-0.25, -0.2) is 0 Å². The van der Waals surface area contributed by atoms with Crippen LogP contribution in [-0.4, -0.2) is 0 Å².